The van der Waals surface area contributed by atoms with Gasteiger partial charge in [0.05, 0.1) is 18.2 Å². The van der Waals surface area contributed by atoms with E-state index in [0.717, 1.165) is 5.56 Å². The molecule has 150 valence electrons. The van der Waals surface area contributed by atoms with Gasteiger partial charge in [-0.1, -0.05) is 33.4 Å². The molecule has 3 atom stereocenters. The zero-order valence-electron chi connectivity index (χ0n) is 17.0. The van der Waals surface area contributed by atoms with E-state index in [9.17, 15) is 9.90 Å². The van der Waals surface area contributed by atoms with E-state index in [4.69, 9.17) is 9.16 Å². The molecule has 0 radical (unpaired) electrons. The average Bonchev–Trinajstić information content (AvgIpc) is 3.02. The molecule has 0 saturated carbocycles. The lowest BCUT2D eigenvalue weighted by Crippen LogP contribution is -2.45. The molecule has 0 aromatic carbocycles. The Morgan fingerprint density at radius 2 is 2.07 bits per heavy atom. The molecule has 1 fully saturated rings. The molecule has 1 saturated heterocycles. The Balaban J connectivity index is 2.20. The lowest BCUT2D eigenvalue weighted by molar-refractivity contribution is 0.0550. The van der Waals surface area contributed by atoms with E-state index in [1.807, 2.05) is 0 Å². The highest BCUT2D eigenvalue weighted by Gasteiger charge is 2.46. The zero-order valence-corrected chi connectivity index (χ0v) is 18.0. The number of ether oxygens (including phenoxy) is 1. The van der Waals surface area contributed by atoms with Crippen molar-refractivity contribution in [3.8, 4) is 0 Å². The summed E-state index contributed by atoms with van der Waals surface area (Å²) in [5.41, 5.74) is 0.726. The number of likely N-dealkylation sites (tertiary alicyclic amines) is 1. The maximum absolute atomic E-state index is 12.5. The summed E-state index contributed by atoms with van der Waals surface area (Å²) in [6.07, 6.45) is 3.98. The molecular weight excluding hydrogens is 360 g/mol. The minimum Gasteiger partial charge on any atom is -0.445 e. The number of rotatable bonds is 6. The van der Waals surface area contributed by atoms with Crippen LogP contribution < -0.4 is 0 Å². The van der Waals surface area contributed by atoms with Crippen LogP contribution in [0.1, 0.15) is 38.9 Å². The van der Waals surface area contributed by atoms with Gasteiger partial charge in [0.1, 0.15) is 6.61 Å². The number of carbonyl (C=O) groups excluding carboxylic acids is 1. The standard InChI is InChI=1S/C20H32N2O4Si/c1-7-12-25-19(24)22-14-16(26-27(5,6)20(2,3)4)13-17(22)18(23)15-8-10-21-11-9-15/h7-11,16-18,23H,1,12-14H2,2-6H3/t16-,17+,18-/m1/s1. The van der Waals surface area contributed by atoms with Gasteiger partial charge in [-0.05, 0) is 42.2 Å². The highest BCUT2D eigenvalue weighted by molar-refractivity contribution is 6.74. The molecule has 0 spiro atoms. The summed E-state index contributed by atoms with van der Waals surface area (Å²) in [6, 6.07) is 3.12. The van der Waals surface area contributed by atoms with E-state index in [0.29, 0.717) is 13.0 Å². The Morgan fingerprint density at radius 1 is 1.44 bits per heavy atom. The third-order valence-corrected chi connectivity index (χ3v) is 10.1. The number of pyridine rings is 1. The summed E-state index contributed by atoms with van der Waals surface area (Å²) < 4.78 is 11.7. The van der Waals surface area contributed by atoms with Crippen molar-refractivity contribution in [3.05, 3.63) is 42.7 Å². The van der Waals surface area contributed by atoms with Crippen LogP contribution in [0.4, 0.5) is 4.79 Å². The van der Waals surface area contributed by atoms with E-state index in [2.05, 4.69) is 45.4 Å². The molecule has 2 rings (SSSR count). The van der Waals surface area contributed by atoms with Gasteiger partial charge in [0.25, 0.3) is 0 Å². The van der Waals surface area contributed by atoms with Crippen molar-refractivity contribution in [1.29, 1.82) is 0 Å². The summed E-state index contributed by atoms with van der Waals surface area (Å²) in [7, 11) is -1.99. The fourth-order valence-corrected chi connectivity index (χ4v) is 4.37. The average molecular weight is 393 g/mol. The zero-order chi connectivity index (χ0) is 20.2. The third-order valence-electron chi connectivity index (χ3n) is 5.54. The highest BCUT2D eigenvalue weighted by Crippen LogP contribution is 2.40. The van der Waals surface area contributed by atoms with Crippen LogP contribution >= 0.6 is 0 Å². The van der Waals surface area contributed by atoms with Crippen LogP contribution in [0.3, 0.4) is 0 Å². The van der Waals surface area contributed by atoms with Crippen molar-refractivity contribution in [2.45, 2.75) is 63.6 Å². The number of nitrogens with zero attached hydrogens (tertiary/aromatic N) is 2. The number of carbonyl (C=O) groups is 1. The predicted octanol–water partition coefficient (Wildman–Crippen LogP) is 3.90. The smallest absolute Gasteiger partial charge is 0.410 e. The second-order valence-corrected chi connectivity index (χ2v) is 13.3. The van der Waals surface area contributed by atoms with Crippen molar-refractivity contribution in [3.63, 3.8) is 0 Å². The van der Waals surface area contributed by atoms with Crippen LogP contribution in [0.5, 0.6) is 0 Å². The maximum atomic E-state index is 12.5. The molecule has 1 aliphatic heterocycles. The third kappa shape index (κ3) is 5.18. The first kappa shape index (κ1) is 21.6. The van der Waals surface area contributed by atoms with Gasteiger partial charge < -0.3 is 14.3 Å². The Bertz CT molecular complexity index is 645. The number of amides is 1. The quantitative estimate of drug-likeness (QED) is 0.587. The summed E-state index contributed by atoms with van der Waals surface area (Å²) in [5, 5.41) is 11.0. The number of aliphatic hydroxyl groups is 1. The fourth-order valence-electron chi connectivity index (χ4n) is 3.01. The largest absolute Gasteiger partial charge is 0.445 e. The number of aliphatic hydroxyl groups excluding tert-OH is 1. The fraction of sp³-hybridized carbons (Fsp3) is 0.600. The van der Waals surface area contributed by atoms with Crippen LogP contribution in [-0.4, -0.2) is 54.7 Å². The number of hydrogen-bond acceptors (Lipinski definition) is 5. The molecule has 27 heavy (non-hydrogen) atoms. The van der Waals surface area contributed by atoms with E-state index < -0.39 is 26.6 Å². The molecule has 1 aromatic rings. The van der Waals surface area contributed by atoms with Gasteiger partial charge in [-0.25, -0.2) is 4.79 Å². The van der Waals surface area contributed by atoms with Crippen molar-refractivity contribution >= 4 is 14.4 Å². The molecule has 1 amide bonds. The van der Waals surface area contributed by atoms with Crippen LogP contribution in [0.25, 0.3) is 0 Å². The van der Waals surface area contributed by atoms with Crippen LogP contribution in [0.15, 0.2) is 37.2 Å². The first-order valence-corrected chi connectivity index (χ1v) is 12.3. The Labute approximate surface area is 163 Å². The molecule has 0 aliphatic carbocycles. The van der Waals surface area contributed by atoms with E-state index in [1.54, 1.807) is 29.4 Å². The lowest BCUT2D eigenvalue weighted by atomic mass is 10.0. The molecule has 1 aromatic heterocycles. The van der Waals surface area contributed by atoms with Gasteiger partial charge in [0, 0.05) is 18.9 Å². The van der Waals surface area contributed by atoms with E-state index in [-0.39, 0.29) is 17.7 Å². The van der Waals surface area contributed by atoms with Gasteiger partial charge in [-0.3, -0.25) is 9.88 Å². The second kappa shape index (κ2) is 8.54. The van der Waals surface area contributed by atoms with Crippen LogP contribution in [0, 0.1) is 0 Å². The molecular formula is C20H32N2O4Si. The molecule has 0 bridgehead atoms. The van der Waals surface area contributed by atoms with Gasteiger partial charge >= 0.3 is 6.09 Å². The summed E-state index contributed by atoms with van der Waals surface area (Å²) in [4.78, 5) is 18.1. The van der Waals surface area contributed by atoms with Crippen molar-refractivity contribution in [2.24, 2.45) is 0 Å². The second-order valence-electron chi connectivity index (χ2n) is 8.55. The monoisotopic (exact) mass is 392 g/mol. The van der Waals surface area contributed by atoms with Crippen LogP contribution in [0.2, 0.25) is 18.1 Å². The van der Waals surface area contributed by atoms with Crippen LogP contribution in [-0.2, 0) is 9.16 Å². The maximum Gasteiger partial charge on any atom is 0.410 e. The van der Waals surface area contributed by atoms with Crippen molar-refractivity contribution < 1.29 is 19.1 Å². The Morgan fingerprint density at radius 3 is 2.63 bits per heavy atom. The first-order chi connectivity index (χ1) is 12.6. The number of aromatic nitrogens is 1. The van der Waals surface area contributed by atoms with Crippen molar-refractivity contribution in [2.75, 3.05) is 13.2 Å². The minimum absolute atomic E-state index is 0.0724. The summed E-state index contributed by atoms with van der Waals surface area (Å²) in [6.45, 7) is 15.1. The Hall–Kier alpha value is -1.70. The molecule has 1 N–H and O–H groups in total. The van der Waals surface area contributed by atoms with Gasteiger partial charge in [0.15, 0.2) is 8.32 Å². The van der Waals surface area contributed by atoms with Gasteiger partial charge in [0.2, 0.25) is 0 Å². The molecule has 1 aliphatic rings. The van der Waals surface area contributed by atoms with Crippen molar-refractivity contribution in [1.82, 2.24) is 9.88 Å². The van der Waals surface area contributed by atoms with Gasteiger partial charge in [-0.2, -0.15) is 0 Å². The molecule has 6 nitrogen and oxygen atoms in total. The SMILES string of the molecule is C=CCOC(=O)N1C[C@H](O[Si](C)(C)C(C)(C)C)C[C@H]1[C@H](O)c1ccncc1. The molecule has 0 unspecified atom stereocenters. The molecule has 7 heteroatoms. The predicted molar refractivity (Wildman–Crippen MR) is 108 cm³/mol. The van der Waals surface area contributed by atoms with E-state index >= 15 is 0 Å². The van der Waals surface area contributed by atoms with Gasteiger partial charge in [-0.15, -0.1) is 0 Å². The first-order valence-electron chi connectivity index (χ1n) is 9.37. The minimum atomic E-state index is -1.99. The Kier molecular flexibility index (Phi) is 6.83. The number of hydrogen-bond donors (Lipinski definition) is 1. The molecule has 2 heterocycles. The summed E-state index contributed by atoms with van der Waals surface area (Å²) in [5.74, 6) is 0. The summed E-state index contributed by atoms with van der Waals surface area (Å²) >= 11 is 0. The lowest BCUT2D eigenvalue weighted by Gasteiger charge is -2.38. The normalized spacial score (nSPS) is 21.8. The topological polar surface area (TPSA) is 71.9 Å². The highest BCUT2D eigenvalue weighted by atomic mass is 28.4. The van der Waals surface area contributed by atoms with E-state index in [1.165, 1.54) is 6.08 Å².